The van der Waals surface area contributed by atoms with Crippen LogP contribution in [0.4, 0.5) is 0 Å². The number of oxime groups is 1. The predicted octanol–water partition coefficient (Wildman–Crippen LogP) is 5.14. The third kappa shape index (κ3) is 4.88. The molecule has 1 aromatic carbocycles. The van der Waals surface area contributed by atoms with Crippen molar-refractivity contribution in [2.75, 3.05) is 7.11 Å². The lowest BCUT2D eigenvalue weighted by atomic mass is 9.76. The van der Waals surface area contributed by atoms with Crippen molar-refractivity contribution in [2.45, 2.75) is 108 Å². The largest absolute Gasteiger partial charge is 0.481 e. The first-order chi connectivity index (χ1) is 18.5. The van der Waals surface area contributed by atoms with E-state index in [0.717, 1.165) is 35.7 Å². The Morgan fingerprint density at radius 3 is 2.29 bits per heavy atom. The Morgan fingerprint density at radius 2 is 1.63 bits per heavy atom. The molecular formula is C30H40N4O4. The zero-order chi connectivity index (χ0) is 26.2. The summed E-state index contributed by atoms with van der Waals surface area (Å²) >= 11 is 0. The highest BCUT2D eigenvalue weighted by Gasteiger charge is 2.47. The molecule has 0 amide bonds. The first-order valence-electron chi connectivity index (χ1n) is 14.6. The molecule has 3 heterocycles. The van der Waals surface area contributed by atoms with Crippen LogP contribution in [0.25, 0.3) is 11.0 Å². The van der Waals surface area contributed by atoms with Gasteiger partial charge in [-0.15, -0.1) is 0 Å². The first-order valence-corrected chi connectivity index (χ1v) is 14.6. The van der Waals surface area contributed by atoms with Crippen molar-refractivity contribution >= 4 is 22.7 Å². The van der Waals surface area contributed by atoms with Gasteiger partial charge >= 0.3 is 5.97 Å². The summed E-state index contributed by atoms with van der Waals surface area (Å²) in [5.41, 5.74) is 1.89. The Hall–Kier alpha value is -2.74. The fraction of sp³-hybridized carbons (Fsp3) is 0.667. The molecule has 1 N–H and O–H groups in total. The van der Waals surface area contributed by atoms with Gasteiger partial charge in [-0.1, -0.05) is 43.0 Å². The van der Waals surface area contributed by atoms with Crippen LogP contribution in [0.1, 0.15) is 95.2 Å². The minimum atomic E-state index is -0.943. The lowest BCUT2D eigenvalue weighted by Gasteiger charge is -2.48. The van der Waals surface area contributed by atoms with Gasteiger partial charge in [0.1, 0.15) is 12.8 Å². The lowest BCUT2D eigenvalue weighted by molar-refractivity contribution is -0.136. The van der Waals surface area contributed by atoms with Crippen LogP contribution in [0.3, 0.4) is 0 Å². The molecule has 1 aromatic heterocycles. The Morgan fingerprint density at radius 1 is 0.947 bits per heavy atom. The van der Waals surface area contributed by atoms with Gasteiger partial charge in [-0.05, 0) is 68.9 Å². The summed E-state index contributed by atoms with van der Waals surface area (Å²) in [6.45, 7) is 0. The second-order valence-corrected chi connectivity index (χ2v) is 12.1. The number of benzene rings is 1. The van der Waals surface area contributed by atoms with E-state index in [4.69, 9.17) is 4.84 Å². The number of hydrogen-bond acceptors (Lipinski definition) is 6. The van der Waals surface area contributed by atoms with Crippen LogP contribution >= 0.6 is 0 Å². The monoisotopic (exact) mass is 520 g/mol. The molecule has 204 valence electrons. The Bertz CT molecular complexity index is 1240. The highest BCUT2D eigenvalue weighted by Crippen LogP contribution is 2.47. The van der Waals surface area contributed by atoms with Crippen molar-refractivity contribution < 1.29 is 14.7 Å². The highest BCUT2D eigenvalue weighted by molar-refractivity contribution is 6.00. The summed E-state index contributed by atoms with van der Waals surface area (Å²) in [7, 11) is 1.41. The maximum atomic E-state index is 14.0. The van der Waals surface area contributed by atoms with Crippen molar-refractivity contribution in [2.24, 2.45) is 17.0 Å². The second-order valence-electron chi connectivity index (χ2n) is 12.1. The van der Waals surface area contributed by atoms with Crippen LogP contribution in [-0.4, -0.2) is 56.5 Å². The van der Waals surface area contributed by atoms with Crippen molar-refractivity contribution in [1.82, 2.24) is 14.5 Å². The molecule has 4 atom stereocenters. The van der Waals surface area contributed by atoms with E-state index >= 15 is 0 Å². The lowest BCUT2D eigenvalue weighted by Crippen LogP contribution is -2.52. The quantitative estimate of drug-likeness (QED) is 0.401. The number of carboxylic acid groups (broad SMARTS) is 1. The molecule has 4 aliphatic rings. The van der Waals surface area contributed by atoms with Crippen molar-refractivity contribution in [1.29, 1.82) is 0 Å². The van der Waals surface area contributed by atoms with Crippen LogP contribution in [0.5, 0.6) is 0 Å². The van der Waals surface area contributed by atoms with Crippen LogP contribution in [0.2, 0.25) is 0 Å². The average Bonchev–Trinajstić information content (AvgIpc) is 3.06. The normalized spacial score (nSPS) is 31.8. The van der Waals surface area contributed by atoms with Gasteiger partial charge in [0.15, 0.2) is 5.69 Å². The van der Waals surface area contributed by atoms with E-state index in [1.54, 1.807) is 0 Å². The summed E-state index contributed by atoms with van der Waals surface area (Å²) in [6, 6.07) is 9.62. The van der Waals surface area contributed by atoms with Crippen molar-refractivity contribution in [3.05, 3.63) is 40.3 Å². The number of fused-ring (bicyclic) bond motifs is 5. The number of aliphatic carboxylic acids is 1. The molecule has 2 aliphatic heterocycles. The molecule has 38 heavy (non-hydrogen) atoms. The fourth-order valence-corrected chi connectivity index (χ4v) is 8.35. The average molecular weight is 521 g/mol. The van der Waals surface area contributed by atoms with Gasteiger partial charge in [0.05, 0.1) is 17.5 Å². The maximum Gasteiger partial charge on any atom is 0.303 e. The number of hydrogen-bond donors (Lipinski definition) is 1. The molecule has 6 rings (SSSR count). The molecular weight excluding hydrogens is 480 g/mol. The summed E-state index contributed by atoms with van der Waals surface area (Å²) in [4.78, 5) is 37.9. The highest BCUT2D eigenvalue weighted by atomic mass is 16.6. The number of nitrogens with zero attached hydrogens (tertiary/aromatic N) is 4. The molecule has 8 nitrogen and oxygen atoms in total. The third-order valence-electron chi connectivity index (χ3n) is 9.75. The summed E-state index contributed by atoms with van der Waals surface area (Å²) in [5.74, 6) is 0.857. The van der Waals surface area contributed by atoms with Crippen LogP contribution in [0, 0.1) is 11.8 Å². The van der Waals surface area contributed by atoms with E-state index < -0.39 is 5.97 Å². The topological polar surface area (TPSA) is 97.0 Å². The molecule has 2 saturated heterocycles. The third-order valence-corrected chi connectivity index (χ3v) is 9.75. The van der Waals surface area contributed by atoms with E-state index in [1.165, 1.54) is 64.9 Å². The van der Waals surface area contributed by atoms with Gasteiger partial charge in [0.25, 0.3) is 5.56 Å². The van der Waals surface area contributed by atoms with Gasteiger partial charge in [-0.25, -0.2) is 4.98 Å². The molecule has 8 heteroatoms. The fourth-order valence-electron chi connectivity index (χ4n) is 8.35. The van der Waals surface area contributed by atoms with E-state index in [9.17, 15) is 14.7 Å². The van der Waals surface area contributed by atoms with E-state index in [2.05, 4.69) is 15.0 Å². The van der Waals surface area contributed by atoms with Gasteiger partial charge in [-0.3, -0.25) is 14.5 Å². The van der Waals surface area contributed by atoms with Crippen LogP contribution in [-0.2, 0) is 9.63 Å². The van der Waals surface area contributed by atoms with Crippen LogP contribution in [0.15, 0.2) is 34.2 Å². The van der Waals surface area contributed by atoms with Gasteiger partial charge in [0.2, 0.25) is 0 Å². The van der Waals surface area contributed by atoms with E-state index in [0.29, 0.717) is 23.8 Å². The van der Waals surface area contributed by atoms with E-state index in [-0.39, 0.29) is 30.1 Å². The second kappa shape index (κ2) is 10.8. The van der Waals surface area contributed by atoms with Crippen molar-refractivity contribution in [3.63, 3.8) is 0 Å². The first kappa shape index (κ1) is 25.5. The molecule has 2 saturated carbocycles. The minimum Gasteiger partial charge on any atom is -0.481 e. The van der Waals surface area contributed by atoms with Gasteiger partial charge in [-0.2, -0.15) is 0 Å². The molecule has 4 bridgehead atoms. The molecule has 4 unspecified atom stereocenters. The molecule has 2 aliphatic carbocycles. The summed E-state index contributed by atoms with van der Waals surface area (Å²) in [5, 5.41) is 13.3. The number of carboxylic acids is 1. The number of para-hydroxylation sites is 2. The SMILES string of the molecule is CO/N=C(\CCC(=O)O)c1nc2ccccc2n(C2CC3CCC(C2)N3C2CC3CCCCC(C3)C2)c1=O. The standard InChI is InChI=1S/C30H40N4O4/c1-38-32-26(12-13-28(35)36)29-30(37)34(27-9-5-4-8-25(27)31-29)24-17-21-10-11-22(18-24)33(21)23-15-19-6-2-3-7-20(14-19)16-23/h4-5,8-9,19-24H,2-3,6-7,10-18H2,1H3,(H,35,36)/b32-26+. The van der Waals surface area contributed by atoms with Crippen LogP contribution < -0.4 is 5.56 Å². The molecule has 4 fully saturated rings. The number of piperidine rings is 1. The Balaban J connectivity index is 1.32. The molecule has 0 spiro atoms. The number of carbonyl (C=O) groups is 1. The summed E-state index contributed by atoms with van der Waals surface area (Å²) in [6.07, 6.45) is 14.1. The van der Waals surface area contributed by atoms with Crippen molar-refractivity contribution in [3.8, 4) is 0 Å². The minimum absolute atomic E-state index is 0.0945. The molecule has 0 radical (unpaired) electrons. The zero-order valence-electron chi connectivity index (χ0n) is 22.4. The van der Waals surface area contributed by atoms with Gasteiger partial charge < -0.3 is 14.5 Å². The predicted molar refractivity (Wildman–Crippen MR) is 146 cm³/mol. The van der Waals surface area contributed by atoms with E-state index in [1.807, 2.05) is 28.8 Å². The molecule has 2 aromatic rings. The summed E-state index contributed by atoms with van der Waals surface area (Å²) < 4.78 is 1.95. The number of rotatable bonds is 7. The number of aromatic nitrogens is 2. The smallest absolute Gasteiger partial charge is 0.303 e. The van der Waals surface area contributed by atoms with Gasteiger partial charge in [0, 0.05) is 30.6 Å². The zero-order valence-corrected chi connectivity index (χ0v) is 22.4. The maximum absolute atomic E-state index is 14.0. The Kier molecular flexibility index (Phi) is 7.25. The Labute approximate surface area is 224 Å².